The topological polar surface area (TPSA) is 61.2 Å². The fraction of sp³-hybridized carbons (Fsp3) is 0.0833. The molecule has 1 heterocycles. The molecule has 0 aliphatic rings. The van der Waals surface area contributed by atoms with Gasteiger partial charge in [0, 0.05) is 24.9 Å². The predicted octanol–water partition coefficient (Wildman–Crippen LogP) is 1.50. The highest BCUT2D eigenvalue weighted by molar-refractivity contribution is 5.95. The molecule has 2 rings (SSSR count). The highest BCUT2D eigenvalue weighted by Gasteiger charge is 2.07. The van der Waals surface area contributed by atoms with Gasteiger partial charge in [-0.15, -0.1) is 0 Å². The van der Waals surface area contributed by atoms with Gasteiger partial charge >= 0.3 is 5.97 Å². The number of nitrogens with zero attached hydrogens (tertiary/aromatic N) is 2. The van der Waals surface area contributed by atoms with E-state index in [1.165, 1.54) is 24.0 Å². The Labute approximate surface area is 97.7 Å². The second-order valence-corrected chi connectivity index (χ2v) is 3.39. The number of imidazole rings is 1. The Kier molecular flexibility index (Phi) is 3.00. The fourth-order valence-electron chi connectivity index (χ4n) is 1.36. The first-order valence-corrected chi connectivity index (χ1v) is 4.98. The molecular formula is C12H10N2O3. The van der Waals surface area contributed by atoms with E-state index in [0.717, 1.165) is 0 Å². The lowest BCUT2D eigenvalue weighted by Crippen LogP contribution is -2.09. The van der Waals surface area contributed by atoms with Crippen molar-refractivity contribution in [1.29, 1.82) is 0 Å². The molecule has 0 spiro atoms. The molecule has 0 aliphatic carbocycles. The Bertz CT molecular complexity index is 529. The summed E-state index contributed by atoms with van der Waals surface area (Å²) in [6, 6.07) is 6.35. The molecule has 0 unspecified atom stereocenters. The maximum absolute atomic E-state index is 11.9. The van der Waals surface area contributed by atoms with E-state index in [1.807, 2.05) is 0 Å². The Hall–Kier alpha value is -2.43. The third kappa shape index (κ3) is 2.57. The first-order chi connectivity index (χ1) is 8.16. The van der Waals surface area contributed by atoms with Crippen molar-refractivity contribution in [1.82, 2.24) is 9.55 Å². The van der Waals surface area contributed by atoms with E-state index in [-0.39, 0.29) is 5.91 Å². The fourth-order valence-corrected chi connectivity index (χ4v) is 1.36. The van der Waals surface area contributed by atoms with Gasteiger partial charge in [0.05, 0.1) is 0 Å². The molecule has 17 heavy (non-hydrogen) atoms. The van der Waals surface area contributed by atoms with Gasteiger partial charge in [-0.05, 0) is 24.3 Å². The predicted molar refractivity (Wildman–Crippen MR) is 59.7 cm³/mol. The zero-order valence-corrected chi connectivity index (χ0v) is 9.16. The minimum atomic E-state index is -0.390. The largest absolute Gasteiger partial charge is 0.427 e. The summed E-state index contributed by atoms with van der Waals surface area (Å²) in [5.74, 6) is -0.157. The zero-order chi connectivity index (χ0) is 12.3. The molecule has 0 aliphatic heterocycles. The van der Waals surface area contributed by atoms with Crippen LogP contribution in [0.4, 0.5) is 0 Å². The van der Waals surface area contributed by atoms with Gasteiger partial charge in [-0.3, -0.25) is 14.2 Å². The number of benzene rings is 1. The summed E-state index contributed by atoms with van der Waals surface area (Å²) in [5.41, 5.74) is 0.499. The standard InChI is InChI=1S/C12H10N2O3/c1-9(15)17-11-4-2-10(3-5-11)12(16)14-7-6-13-8-14/h2-8H,1H3. The minimum absolute atomic E-state index is 0.183. The second-order valence-electron chi connectivity index (χ2n) is 3.39. The van der Waals surface area contributed by atoms with Crippen LogP contribution in [0.25, 0.3) is 0 Å². The first-order valence-electron chi connectivity index (χ1n) is 4.98. The number of carbonyl (C=O) groups excluding carboxylic acids is 2. The molecule has 0 saturated heterocycles. The van der Waals surface area contributed by atoms with Gasteiger partial charge in [0.25, 0.3) is 5.91 Å². The maximum Gasteiger partial charge on any atom is 0.308 e. The van der Waals surface area contributed by atoms with Gasteiger partial charge in [-0.25, -0.2) is 4.98 Å². The molecule has 0 bridgehead atoms. The van der Waals surface area contributed by atoms with Crippen LogP contribution in [-0.2, 0) is 4.79 Å². The second kappa shape index (κ2) is 4.61. The van der Waals surface area contributed by atoms with Crippen LogP contribution in [0.2, 0.25) is 0 Å². The molecule has 86 valence electrons. The number of aromatic nitrogens is 2. The average molecular weight is 230 g/mol. The lowest BCUT2D eigenvalue weighted by atomic mass is 10.2. The molecule has 0 amide bonds. The summed E-state index contributed by atoms with van der Waals surface area (Å²) in [6.45, 7) is 1.32. The van der Waals surface area contributed by atoms with Crippen LogP contribution >= 0.6 is 0 Å². The van der Waals surface area contributed by atoms with E-state index >= 15 is 0 Å². The highest BCUT2D eigenvalue weighted by atomic mass is 16.5. The van der Waals surface area contributed by atoms with Crippen molar-refractivity contribution in [3.63, 3.8) is 0 Å². The Morgan fingerprint density at radius 1 is 1.24 bits per heavy atom. The monoisotopic (exact) mass is 230 g/mol. The van der Waals surface area contributed by atoms with Crippen molar-refractivity contribution in [3.8, 4) is 5.75 Å². The van der Waals surface area contributed by atoms with Gasteiger partial charge in [0.15, 0.2) is 0 Å². The zero-order valence-electron chi connectivity index (χ0n) is 9.16. The van der Waals surface area contributed by atoms with Crippen molar-refractivity contribution in [2.24, 2.45) is 0 Å². The number of rotatable bonds is 2. The summed E-state index contributed by atoms with van der Waals surface area (Å²) >= 11 is 0. The van der Waals surface area contributed by atoms with Crippen LogP contribution < -0.4 is 4.74 Å². The normalized spacial score (nSPS) is 9.94. The number of hydrogen-bond acceptors (Lipinski definition) is 4. The van der Waals surface area contributed by atoms with Crippen LogP contribution in [0.5, 0.6) is 5.75 Å². The van der Waals surface area contributed by atoms with Crippen molar-refractivity contribution in [2.75, 3.05) is 0 Å². The molecule has 5 heteroatoms. The van der Waals surface area contributed by atoms with Crippen molar-refractivity contribution in [3.05, 3.63) is 48.5 Å². The number of hydrogen-bond donors (Lipinski definition) is 0. The van der Waals surface area contributed by atoms with Gasteiger partial charge in [0.1, 0.15) is 12.1 Å². The van der Waals surface area contributed by atoms with E-state index in [4.69, 9.17) is 4.74 Å². The number of esters is 1. The van der Waals surface area contributed by atoms with Crippen LogP contribution in [0.1, 0.15) is 17.3 Å². The van der Waals surface area contributed by atoms with Crippen molar-refractivity contribution >= 4 is 11.9 Å². The first kappa shape index (κ1) is 11.1. The molecular weight excluding hydrogens is 220 g/mol. The molecule has 1 aromatic heterocycles. The van der Waals surface area contributed by atoms with Gasteiger partial charge in [-0.2, -0.15) is 0 Å². The third-order valence-corrected chi connectivity index (χ3v) is 2.10. The lowest BCUT2D eigenvalue weighted by Gasteiger charge is -2.03. The smallest absolute Gasteiger partial charge is 0.308 e. The summed E-state index contributed by atoms with van der Waals surface area (Å²) in [5, 5.41) is 0. The van der Waals surface area contributed by atoms with Crippen LogP contribution in [-0.4, -0.2) is 21.4 Å². The SMILES string of the molecule is CC(=O)Oc1ccc(C(=O)n2ccnc2)cc1. The summed E-state index contributed by atoms with van der Waals surface area (Å²) < 4.78 is 6.25. The minimum Gasteiger partial charge on any atom is -0.427 e. The molecule has 0 N–H and O–H groups in total. The molecule has 2 aromatic rings. The molecule has 0 radical (unpaired) electrons. The van der Waals surface area contributed by atoms with E-state index in [9.17, 15) is 9.59 Å². The summed E-state index contributed by atoms with van der Waals surface area (Å²) in [4.78, 5) is 26.4. The third-order valence-electron chi connectivity index (χ3n) is 2.10. The van der Waals surface area contributed by atoms with Gasteiger partial charge < -0.3 is 4.74 Å². The summed E-state index contributed by atoms with van der Waals surface area (Å²) in [6.07, 6.45) is 4.54. The number of ether oxygens (including phenoxy) is 1. The van der Waals surface area contributed by atoms with Crippen molar-refractivity contribution in [2.45, 2.75) is 6.92 Å². The maximum atomic E-state index is 11.9. The molecule has 0 atom stereocenters. The van der Waals surface area contributed by atoms with E-state index in [2.05, 4.69) is 4.98 Å². The quantitative estimate of drug-likeness (QED) is 0.579. The Morgan fingerprint density at radius 3 is 2.47 bits per heavy atom. The Balaban J connectivity index is 2.18. The van der Waals surface area contributed by atoms with E-state index in [0.29, 0.717) is 11.3 Å². The highest BCUT2D eigenvalue weighted by Crippen LogP contribution is 2.13. The van der Waals surface area contributed by atoms with Gasteiger partial charge in [0.2, 0.25) is 0 Å². The number of carbonyl (C=O) groups is 2. The average Bonchev–Trinajstić information content (AvgIpc) is 2.82. The molecule has 0 saturated carbocycles. The van der Waals surface area contributed by atoms with E-state index < -0.39 is 5.97 Å². The Morgan fingerprint density at radius 2 is 1.94 bits per heavy atom. The molecule has 5 nitrogen and oxygen atoms in total. The lowest BCUT2D eigenvalue weighted by molar-refractivity contribution is -0.131. The van der Waals surface area contributed by atoms with Crippen LogP contribution in [0.15, 0.2) is 43.0 Å². The van der Waals surface area contributed by atoms with E-state index in [1.54, 1.807) is 30.5 Å². The van der Waals surface area contributed by atoms with Crippen molar-refractivity contribution < 1.29 is 14.3 Å². The van der Waals surface area contributed by atoms with Crippen LogP contribution in [0, 0.1) is 0 Å². The summed E-state index contributed by atoms with van der Waals surface area (Å²) in [7, 11) is 0. The van der Waals surface area contributed by atoms with Gasteiger partial charge in [-0.1, -0.05) is 0 Å². The van der Waals surface area contributed by atoms with Crippen LogP contribution in [0.3, 0.4) is 0 Å². The molecule has 1 aromatic carbocycles. The molecule has 0 fully saturated rings.